The smallest absolute Gasteiger partial charge is 0.0685 e. The van der Waals surface area contributed by atoms with Gasteiger partial charge in [0.15, 0.2) is 0 Å². The molecule has 3 N–H and O–H groups in total. The van der Waals surface area contributed by atoms with Crippen molar-refractivity contribution in [1.29, 1.82) is 0 Å². The zero-order valence-electron chi connectivity index (χ0n) is 12.7. The van der Waals surface area contributed by atoms with Gasteiger partial charge in [-0.25, -0.2) is 0 Å². The van der Waals surface area contributed by atoms with Crippen molar-refractivity contribution in [3.63, 3.8) is 0 Å². The first kappa shape index (κ1) is 15.2. The Balaban J connectivity index is 1.90. The van der Waals surface area contributed by atoms with Crippen molar-refractivity contribution in [1.82, 2.24) is 5.43 Å². The number of nitrogens with two attached hydrogens (primary N) is 1. The lowest BCUT2D eigenvalue weighted by atomic mass is 9.81. The minimum Gasteiger partial charge on any atom is -0.375 e. The molecule has 0 radical (unpaired) electrons. The predicted molar refractivity (Wildman–Crippen MR) is 76.7 cm³/mol. The highest BCUT2D eigenvalue weighted by molar-refractivity contribution is 4.94. The average molecular weight is 270 g/mol. The Morgan fingerprint density at radius 2 is 2.05 bits per heavy atom. The third-order valence-corrected chi connectivity index (χ3v) is 4.52. The highest BCUT2D eigenvalue weighted by Gasteiger charge is 2.42. The van der Waals surface area contributed by atoms with E-state index in [-0.39, 0.29) is 17.2 Å². The van der Waals surface area contributed by atoms with E-state index in [1.54, 1.807) is 0 Å². The fourth-order valence-electron chi connectivity index (χ4n) is 3.44. The zero-order chi connectivity index (χ0) is 13.9. The van der Waals surface area contributed by atoms with Crippen LogP contribution in [0.2, 0.25) is 0 Å². The van der Waals surface area contributed by atoms with E-state index in [2.05, 4.69) is 26.2 Å². The predicted octanol–water partition coefficient (Wildman–Crippen LogP) is 2.37. The van der Waals surface area contributed by atoms with Gasteiger partial charge in [0.2, 0.25) is 0 Å². The van der Waals surface area contributed by atoms with E-state index in [1.165, 1.54) is 25.7 Å². The minimum absolute atomic E-state index is 0.106. The molecule has 2 fully saturated rings. The topological polar surface area (TPSA) is 56.5 Å². The molecule has 2 aliphatic rings. The molecule has 0 bridgehead atoms. The van der Waals surface area contributed by atoms with Crippen LogP contribution in [0.3, 0.4) is 0 Å². The Morgan fingerprint density at radius 3 is 2.63 bits per heavy atom. The van der Waals surface area contributed by atoms with E-state index in [0.29, 0.717) is 12.5 Å². The standard InChI is InChI=1S/C15H30N2O2/c1-14(2,3)19-11-13(17-16)12-6-9-18-15(10-12)7-4-5-8-15/h12-13,17H,4-11,16H2,1-3H3. The van der Waals surface area contributed by atoms with Gasteiger partial charge < -0.3 is 9.47 Å². The highest BCUT2D eigenvalue weighted by atomic mass is 16.5. The van der Waals surface area contributed by atoms with Gasteiger partial charge in [-0.15, -0.1) is 0 Å². The Kier molecular flexibility index (Phi) is 4.88. The first-order valence-electron chi connectivity index (χ1n) is 7.68. The van der Waals surface area contributed by atoms with E-state index in [1.807, 2.05) is 0 Å². The lowest BCUT2D eigenvalue weighted by Crippen LogP contribution is -2.50. The number of ether oxygens (including phenoxy) is 2. The van der Waals surface area contributed by atoms with Crippen molar-refractivity contribution >= 4 is 0 Å². The molecule has 1 aliphatic heterocycles. The van der Waals surface area contributed by atoms with E-state index in [0.717, 1.165) is 19.4 Å². The van der Waals surface area contributed by atoms with Crippen LogP contribution >= 0.6 is 0 Å². The van der Waals surface area contributed by atoms with Gasteiger partial charge in [0.05, 0.1) is 17.8 Å². The van der Waals surface area contributed by atoms with Crippen molar-refractivity contribution in [2.75, 3.05) is 13.2 Å². The maximum absolute atomic E-state index is 6.09. The summed E-state index contributed by atoms with van der Waals surface area (Å²) in [4.78, 5) is 0. The van der Waals surface area contributed by atoms with Crippen LogP contribution in [-0.4, -0.2) is 30.5 Å². The maximum Gasteiger partial charge on any atom is 0.0685 e. The van der Waals surface area contributed by atoms with Gasteiger partial charge in [-0.1, -0.05) is 12.8 Å². The summed E-state index contributed by atoms with van der Waals surface area (Å²) in [5.74, 6) is 6.32. The van der Waals surface area contributed by atoms with Gasteiger partial charge in [-0.2, -0.15) is 0 Å². The molecule has 0 aromatic carbocycles. The van der Waals surface area contributed by atoms with E-state index in [4.69, 9.17) is 15.3 Å². The first-order chi connectivity index (χ1) is 8.94. The van der Waals surface area contributed by atoms with Crippen molar-refractivity contribution in [3.05, 3.63) is 0 Å². The van der Waals surface area contributed by atoms with E-state index >= 15 is 0 Å². The molecule has 1 saturated heterocycles. The van der Waals surface area contributed by atoms with Gasteiger partial charge in [0, 0.05) is 12.6 Å². The summed E-state index contributed by atoms with van der Waals surface area (Å²) in [7, 11) is 0. The van der Waals surface area contributed by atoms with E-state index in [9.17, 15) is 0 Å². The molecular weight excluding hydrogens is 240 g/mol. The number of hydrogen-bond donors (Lipinski definition) is 2. The lowest BCUT2D eigenvalue weighted by molar-refractivity contribution is -0.107. The molecule has 0 aromatic heterocycles. The van der Waals surface area contributed by atoms with Crippen LogP contribution in [-0.2, 0) is 9.47 Å². The molecule has 1 spiro atoms. The quantitative estimate of drug-likeness (QED) is 0.608. The molecule has 2 rings (SSSR count). The van der Waals surface area contributed by atoms with Crippen molar-refractivity contribution in [2.24, 2.45) is 11.8 Å². The van der Waals surface area contributed by atoms with Crippen LogP contribution in [0, 0.1) is 5.92 Å². The summed E-state index contributed by atoms with van der Waals surface area (Å²) in [5.41, 5.74) is 3.02. The molecule has 1 aliphatic carbocycles. The summed E-state index contributed by atoms with van der Waals surface area (Å²) in [5, 5.41) is 0. The number of hydrazine groups is 1. The Hall–Kier alpha value is -0.160. The molecule has 4 nitrogen and oxygen atoms in total. The van der Waals surface area contributed by atoms with Crippen LogP contribution < -0.4 is 11.3 Å². The molecule has 4 heteroatoms. The molecule has 0 amide bonds. The molecule has 2 unspecified atom stereocenters. The minimum atomic E-state index is -0.106. The largest absolute Gasteiger partial charge is 0.375 e. The van der Waals surface area contributed by atoms with Gasteiger partial charge >= 0.3 is 0 Å². The van der Waals surface area contributed by atoms with Gasteiger partial charge in [0.1, 0.15) is 0 Å². The Morgan fingerprint density at radius 1 is 1.37 bits per heavy atom. The second-order valence-electron chi connectivity index (χ2n) is 7.19. The summed E-state index contributed by atoms with van der Waals surface area (Å²) in [6.07, 6.45) is 7.29. The monoisotopic (exact) mass is 270 g/mol. The molecule has 112 valence electrons. The summed E-state index contributed by atoms with van der Waals surface area (Å²) < 4.78 is 12.0. The van der Waals surface area contributed by atoms with Crippen LogP contribution in [0.5, 0.6) is 0 Å². The highest BCUT2D eigenvalue weighted by Crippen LogP contribution is 2.42. The summed E-state index contributed by atoms with van der Waals surface area (Å²) in [6, 6.07) is 0.237. The molecule has 0 aromatic rings. The molecule has 1 saturated carbocycles. The zero-order valence-corrected chi connectivity index (χ0v) is 12.7. The average Bonchev–Trinajstić information content (AvgIpc) is 2.77. The van der Waals surface area contributed by atoms with Gasteiger partial charge in [-0.05, 0) is 52.4 Å². The Bertz CT molecular complexity index is 282. The van der Waals surface area contributed by atoms with Crippen molar-refractivity contribution in [3.8, 4) is 0 Å². The van der Waals surface area contributed by atoms with Crippen LogP contribution in [0.1, 0.15) is 59.3 Å². The van der Waals surface area contributed by atoms with Gasteiger partial charge in [0.25, 0.3) is 0 Å². The lowest BCUT2D eigenvalue weighted by Gasteiger charge is -2.41. The normalized spacial score (nSPS) is 28.7. The van der Waals surface area contributed by atoms with E-state index < -0.39 is 0 Å². The summed E-state index contributed by atoms with van der Waals surface area (Å²) >= 11 is 0. The van der Waals surface area contributed by atoms with Crippen LogP contribution in [0.4, 0.5) is 0 Å². The Labute approximate surface area is 117 Å². The number of nitrogens with one attached hydrogen (secondary N) is 1. The van der Waals surface area contributed by atoms with Gasteiger partial charge in [-0.3, -0.25) is 11.3 Å². The SMILES string of the molecule is CC(C)(C)OCC(NN)C1CCOC2(CCCC2)C1. The number of rotatable bonds is 4. The fourth-order valence-corrected chi connectivity index (χ4v) is 3.44. The number of hydrogen-bond acceptors (Lipinski definition) is 4. The maximum atomic E-state index is 6.09. The third-order valence-electron chi connectivity index (χ3n) is 4.52. The molecule has 1 heterocycles. The first-order valence-corrected chi connectivity index (χ1v) is 7.68. The van der Waals surface area contributed by atoms with Crippen molar-refractivity contribution in [2.45, 2.75) is 76.5 Å². The molecule has 2 atom stereocenters. The second-order valence-corrected chi connectivity index (χ2v) is 7.19. The fraction of sp³-hybridized carbons (Fsp3) is 1.00. The van der Waals surface area contributed by atoms with Crippen LogP contribution in [0.15, 0.2) is 0 Å². The third kappa shape index (κ3) is 4.15. The molecular formula is C15H30N2O2. The molecule has 19 heavy (non-hydrogen) atoms. The van der Waals surface area contributed by atoms with Crippen molar-refractivity contribution < 1.29 is 9.47 Å². The van der Waals surface area contributed by atoms with Crippen LogP contribution in [0.25, 0.3) is 0 Å². The summed E-state index contributed by atoms with van der Waals surface area (Å²) in [6.45, 7) is 7.81. The second kappa shape index (κ2) is 6.08.